The van der Waals surface area contributed by atoms with Gasteiger partial charge in [-0.25, -0.2) is 0 Å². The molecule has 1 fully saturated rings. The third-order valence-corrected chi connectivity index (χ3v) is 8.03. The summed E-state index contributed by atoms with van der Waals surface area (Å²) in [5.74, 6) is 3.04. The van der Waals surface area contributed by atoms with Crippen LogP contribution in [-0.4, -0.2) is 67.5 Å². The van der Waals surface area contributed by atoms with E-state index in [1.165, 1.54) is 5.56 Å². The van der Waals surface area contributed by atoms with E-state index in [-0.39, 0.29) is 18.6 Å². The number of nitrogens with zero attached hydrogens (tertiary/aromatic N) is 3. The average Bonchev–Trinajstić information content (AvgIpc) is 3.60. The Bertz CT molecular complexity index is 1500. The van der Waals surface area contributed by atoms with Crippen LogP contribution < -0.4 is 18.9 Å². The number of aromatic nitrogens is 1. The largest absolute Gasteiger partial charge is 0.497 e. The lowest BCUT2D eigenvalue weighted by Crippen LogP contribution is -2.48. The molecule has 0 bridgehead atoms. The molecule has 2 aliphatic heterocycles. The van der Waals surface area contributed by atoms with Gasteiger partial charge in [0.25, 0.3) is 0 Å². The zero-order valence-electron chi connectivity index (χ0n) is 23.3. The van der Waals surface area contributed by atoms with Gasteiger partial charge in [-0.3, -0.25) is 9.69 Å². The monoisotopic (exact) mass is 541 g/mol. The van der Waals surface area contributed by atoms with Gasteiger partial charge in [0, 0.05) is 75.3 Å². The molecule has 1 aromatic heterocycles. The van der Waals surface area contributed by atoms with E-state index in [9.17, 15) is 4.79 Å². The number of carbonyl (C=O) groups is 1. The van der Waals surface area contributed by atoms with Gasteiger partial charge < -0.3 is 28.4 Å². The third kappa shape index (κ3) is 5.19. The van der Waals surface area contributed by atoms with Crippen molar-refractivity contribution in [1.82, 2.24) is 14.4 Å². The Morgan fingerprint density at radius 1 is 0.900 bits per heavy atom. The highest BCUT2D eigenvalue weighted by Gasteiger charge is 2.28. The van der Waals surface area contributed by atoms with Crippen molar-refractivity contribution in [3.63, 3.8) is 0 Å². The number of piperazine rings is 1. The third-order valence-electron chi connectivity index (χ3n) is 8.03. The summed E-state index contributed by atoms with van der Waals surface area (Å²) >= 11 is 0. The second-order valence-corrected chi connectivity index (χ2v) is 10.5. The Morgan fingerprint density at radius 2 is 1.62 bits per heavy atom. The van der Waals surface area contributed by atoms with Crippen molar-refractivity contribution in [2.45, 2.75) is 18.9 Å². The van der Waals surface area contributed by atoms with Crippen LogP contribution in [0.15, 0.2) is 66.9 Å². The first-order valence-electron chi connectivity index (χ1n) is 13.7. The summed E-state index contributed by atoms with van der Waals surface area (Å²) in [6.07, 6.45) is 2.52. The van der Waals surface area contributed by atoms with Gasteiger partial charge in [0.2, 0.25) is 12.7 Å². The second kappa shape index (κ2) is 11.1. The van der Waals surface area contributed by atoms with Crippen molar-refractivity contribution in [2.24, 2.45) is 7.05 Å². The molecule has 1 saturated heterocycles. The first-order valence-corrected chi connectivity index (χ1v) is 13.7. The van der Waals surface area contributed by atoms with E-state index < -0.39 is 0 Å². The molecule has 208 valence electrons. The Kier molecular flexibility index (Phi) is 7.26. The Labute approximate surface area is 234 Å². The molecule has 2 aliphatic rings. The average molecular weight is 542 g/mol. The van der Waals surface area contributed by atoms with Crippen LogP contribution in [0.25, 0.3) is 10.9 Å². The van der Waals surface area contributed by atoms with Crippen LogP contribution >= 0.6 is 0 Å². The molecule has 1 unspecified atom stereocenters. The van der Waals surface area contributed by atoms with E-state index in [1.807, 2.05) is 35.2 Å². The number of benzene rings is 3. The van der Waals surface area contributed by atoms with Crippen molar-refractivity contribution in [3.8, 4) is 23.0 Å². The summed E-state index contributed by atoms with van der Waals surface area (Å²) in [5, 5.41) is 1.15. The molecule has 0 aliphatic carbocycles. The molecule has 0 radical (unpaired) electrons. The number of para-hydroxylation sites is 1. The Balaban J connectivity index is 1.21. The maximum atomic E-state index is 13.8. The fourth-order valence-corrected chi connectivity index (χ4v) is 5.85. The topological polar surface area (TPSA) is 65.4 Å². The van der Waals surface area contributed by atoms with Gasteiger partial charge in [0.1, 0.15) is 11.5 Å². The molecule has 1 amide bonds. The summed E-state index contributed by atoms with van der Waals surface area (Å²) in [7, 11) is 5.36. The number of hydrogen-bond acceptors (Lipinski definition) is 6. The van der Waals surface area contributed by atoms with Crippen LogP contribution in [-0.2, 0) is 18.4 Å². The Hall–Kier alpha value is -4.17. The summed E-state index contributed by atoms with van der Waals surface area (Å²) < 4.78 is 24.3. The second-order valence-electron chi connectivity index (χ2n) is 10.5. The van der Waals surface area contributed by atoms with Crippen LogP contribution in [0.1, 0.15) is 29.0 Å². The molecule has 8 nitrogen and oxygen atoms in total. The summed E-state index contributed by atoms with van der Waals surface area (Å²) in [6, 6.07) is 20.4. The maximum absolute atomic E-state index is 13.8. The quantitative estimate of drug-likeness (QED) is 0.320. The molecular weight excluding hydrogens is 506 g/mol. The Morgan fingerprint density at radius 3 is 2.38 bits per heavy atom. The number of hydrogen-bond donors (Lipinski definition) is 0. The van der Waals surface area contributed by atoms with Gasteiger partial charge in [-0.2, -0.15) is 0 Å². The molecule has 8 heteroatoms. The minimum absolute atomic E-state index is 0.144. The van der Waals surface area contributed by atoms with Gasteiger partial charge in [-0.05, 0) is 47.0 Å². The number of rotatable bonds is 8. The fourth-order valence-electron chi connectivity index (χ4n) is 5.85. The molecule has 3 heterocycles. The zero-order valence-corrected chi connectivity index (χ0v) is 23.3. The first kappa shape index (κ1) is 26.1. The molecule has 6 rings (SSSR count). The maximum Gasteiger partial charge on any atom is 0.231 e. The smallest absolute Gasteiger partial charge is 0.231 e. The van der Waals surface area contributed by atoms with Crippen LogP contribution in [0.5, 0.6) is 23.0 Å². The SMILES string of the molecule is COc1cc(OC)cc(C(CC(=O)N2CCN(Cc3ccc4c(c3)OCO4)CC2)c2cn(C)c3ccccc23)c1. The van der Waals surface area contributed by atoms with Gasteiger partial charge >= 0.3 is 0 Å². The highest BCUT2D eigenvalue weighted by molar-refractivity contribution is 5.86. The molecule has 40 heavy (non-hydrogen) atoms. The highest BCUT2D eigenvalue weighted by atomic mass is 16.7. The lowest BCUT2D eigenvalue weighted by Gasteiger charge is -2.35. The summed E-state index contributed by atoms with van der Waals surface area (Å²) in [6.45, 7) is 4.15. The highest BCUT2D eigenvalue weighted by Crippen LogP contribution is 2.38. The van der Waals surface area contributed by atoms with E-state index in [2.05, 4.69) is 53.0 Å². The van der Waals surface area contributed by atoms with Gasteiger partial charge in [0.05, 0.1) is 14.2 Å². The molecule has 0 spiro atoms. The van der Waals surface area contributed by atoms with Crippen molar-refractivity contribution >= 4 is 16.8 Å². The fraction of sp³-hybridized carbons (Fsp3) is 0.344. The lowest BCUT2D eigenvalue weighted by molar-refractivity contribution is -0.133. The van der Waals surface area contributed by atoms with E-state index in [1.54, 1.807) is 14.2 Å². The van der Waals surface area contributed by atoms with E-state index in [0.29, 0.717) is 31.0 Å². The first-order chi connectivity index (χ1) is 19.5. The lowest BCUT2D eigenvalue weighted by atomic mass is 9.87. The number of methoxy groups -OCH3 is 2. The van der Waals surface area contributed by atoms with Crippen molar-refractivity contribution in [2.75, 3.05) is 47.2 Å². The van der Waals surface area contributed by atoms with E-state index in [0.717, 1.165) is 53.2 Å². The van der Waals surface area contributed by atoms with E-state index >= 15 is 0 Å². The van der Waals surface area contributed by atoms with Gasteiger partial charge in [-0.1, -0.05) is 24.3 Å². The van der Waals surface area contributed by atoms with Crippen LogP contribution in [0.4, 0.5) is 0 Å². The molecule has 3 aromatic carbocycles. The minimum Gasteiger partial charge on any atom is -0.497 e. The number of carbonyl (C=O) groups excluding carboxylic acids is 1. The van der Waals surface area contributed by atoms with Crippen molar-refractivity contribution < 1.29 is 23.7 Å². The normalized spacial score (nSPS) is 15.8. The molecule has 1 atom stereocenters. The predicted octanol–water partition coefficient (Wildman–Crippen LogP) is 4.79. The van der Waals surface area contributed by atoms with Gasteiger partial charge in [0.15, 0.2) is 11.5 Å². The molecular formula is C32H35N3O5. The molecule has 0 saturated carbocycles. The number of aryl methyl sites for hydroxylation is 1. The van der Waals surface area contributed by atoms with Crippen molar-refractivity contribution in [1.29, 1.82) is 0 Å². The van der Waals surface area contributed by atoms with E-state index in [4.69, 9.17) is 18.9 Å². The minimum atomic E-state index is -0.144. The number of ether oxygens (including phenoxy) is 4. The van der Waals surface area contributed by atoms with Crippen LogP contribution in [0.3, 0.4) is 0 Å². The number of amides is 1. The van der Waals surface area contributed by atoms with Crippen molar-refractivity contribution in [3.05, 3.63) is 83.6 Å². The van der Waals surface area contributed by atoms with Crippen LogP contribution in [0.2, 0.25) is 0 Å². The van der Waals surface area contributed by atoms with Gasteiger partial charge in [-0.15, -0.1) is 0 Å². The summed E-state index contributed by atoms with van der Waals surface area (Å²) in [5.41, 5.74) is 4.46. The zero-order chi connectivity index (χ0) is 27.6. The molecule has 4 aromatic rings. The standard InChI is InChI=1S/C32H35N3O5/c1-33-20-28(26-6-4-5-7-29(26)33)27(23-15-24(37-2)17-25(16-23)38-3)18-32(36)35-12-10-34(11-13-35)19-22-8-9-30-31(14-22)40-21-39-30/h4-9,14-17,20,27H,10-13,18-19,21H2,1-3H3. The predicted molar refractivity (Wildman–Crippen MR) is 153 cm³/mol. The van der Waals surface area contributed by atoms with Crippen LogP contribution in [0, 0.1) is 0 Å². The molecule has 0 N–H and O–H groups in total. The summed E-state index contributed by atoms with van der Waals surface area (Å²) in [4.78, 5) is 18.2. The number of fused-ring (bicyclic) bond motifs is 2.